The van der Waals surface area contributed by atoms with Crippen LogP contribution in [0, 0.1) is 0 Å². The third kappa shape index (κ3) is 2.96. The molecule has 9 nitrogen and oxygen atoms in total. The summed E-state index contributed by atoms with van der Waals surface area (Å²) in [6.45, 7) is 2.83. The van der Waals surface area contributed by atoms with Gasteiger partial charge in [-0.15, -0.1) is 0 Å². The van der Waals surface area contributed by atoms with Gasteiger partial charge in [0.05, 0.1) is 6.20 Å². The maximum atomic E-state index is 4.35. The third-order valence-corrected chi connectivity index (χ3v) is 2.57. The lowest BCUT2D eigenvalue weighted by molar-refractivity contribution is 0.793. The average Bonchev–Trinajstić information content (AvgIpc) is 3.08. The average molecular weight is 283 g/mol. The minimum Gasteiger partial charge on any atom is -0.354 e. The Bertz CT molecular complexity index is 696. The SMILES string of the molecule is CCCNc1nc(-c2cnccn2)nc(-n2cncn2)n1. The molecule has 0 spiro atoms. The lowest BCUT2D eigenvalue weighted by Gasteiger charge is -2.07. The molecule has 0 saturated heterocycles. The van der Waals surface area contributed by atoms with Crippen LogP contribution >= 0.6 is 0 Å². The third-order valence-electron chi connectivity index (χ3n) is 2.57. The van der Waals surface area contributed by atoms with Gasteiger partial charge in [0, 0.05) is 18.9 Å². The number of anilines is 1. The van der Waals surface area contributed by atoms with Gasteiger partial charge in [0.25, 0.3) is 5.95 Å². The molecule has 0 radical (unpaired) electrons. The summed E-state index contributed by atoms with van der Waals surface area (Å²) in [6.07, 6.45) is 8.70. The molecule has 3 aromatic heterocycles. The molecular weight excluding hydrogens is 270 g/mol. The highest BCUT2D eigenvalue weighted by Crippen LogP contribution is 2.13. The van der Waals surface area contributed by atoms with E-state index in [1.807, 2.05) is 0 Å². The fourth-order valence-electron chi connectivity index (χ4n) is 1.62. The second kappa shape index (κ2) is 5.99. The highest BCUT2D eigenvalue weighted by Gasteiger charge is 2.11. The minimum atomic E-state index is 0.377. The van der Waals surface area contributed by atoms with Gasteiger partial charge < -0.3 is 5.32 Å². The van der Waals surface area contributed by atoms with Crippen molar-refractivity contribution in [3.05, 3.63) is 31.2 Å². The Kier molecular flexibility index (Phi) is 3.72. The van der Waals surface area contributed by atoms with Gasteiger partial charge >= 0.3 is 0 Å². The van der Waals surface area contributed by atoms with Crippen LogP contribution in [0.5, 0.6) is 0 Å². The molecule has 0 fully saturated rings. The van der Waals surface area contributed by atoms with Gasteiger partial charge in [-0.25, -0.2) is 9.97 Å². The zero-order valence-electron chi connectivity index (χ0n) is 11.4. The fourth-order valence-corrected chi connectivity index (χ4v) is 1.62. The van der Waals surface area contributed by atoms with Crippen molar-refractivity contribution < 1.29 is 0 Å². The summed E-state index contributed by atoms with van der Waals surface area (Å²) in [4.78, 5) is 25.1. The Morgan fingerprint density at radius 1 is 1.14 bits per heavy atom. The quantitative estimate of drug-likeness (QED) is 0.730. The molecule has 21 heavy (non-hydrogen) atoms. The molecule has 0 atom stereocenters. The van der Waals surface area contributed by atoms with Crippen LogP contribution < -0.4 is 5.32 Å². The summed E-state index contributed by atoms with van der Waals surface area (Å²) in [6, 6.07) is 0. The molecule has 0 bridgehead atoms. The number of rotatable bonds is 5. The summed E-state index contributed by atoms with van der Waals surface area (Å²) in [5.74, 6) is 1.28. The van der Waals surface area contributed by atoms with E-state index >= 15 is 0 Å². The molecule has 0 aliphatic carbocycles. The molecular formula is C12H13N9. The second-order valence-corrected chi connectivity index (χ2v) is 4.14. The number of nitrogens with zero attached hydrogens (tertiary/aromatic N) is 8. The fraction of sp³-hybridized carbons (Fsp3) is 0.250. The van der Waals surface area contributed by atoms with Crippen molar-refractivity contribution in [2.45, 2.75) is 13.3 Å². The van der Waals surface area contributed by atoms with Gasteiger partial charge in [-0.05, 0) is 6.42 Å². The van der Waals surface area contributed by atoms with Crippen molar-refractivity contribution in [1.29, 1.82) is 0 Å². The zero-order valence-corrected chi connectivity index (χ0v) is 11.4. The topological polar surface area (TPSA) is 107 Å². The summed E-state index contributed by atoms with van der Waals surface area (Å²) >= 11 is 0. The lowest BCUT2D eigenvalue weighted by Crippen LogP contribution is -2.11. The van der Waals surface area contributed by atoms with E-state index in [0.717, 1.165) is 13.0 Å². The van der Waals surface area contributed by atoms with Crippen molar-refractivity contribution in [1.82, 2.24) is 39.7 Å². The Morgan fingerprint density at radius 2 is 2.10 bits per heavy atom. The monoisotopic (exact) mass is 283 g/mol. The van der Waals surface area contributed by atoms with Crippen LogP contribution in [0.15, 0.2) is 31.2 Å². The first kappa shape index (κ1) is 13.0. The molecule has 0 amide bonds. The van der Waals surface area contributed by atoms with Gasteiger partial charge in [-0.2, -0.15) is 24.7 Å². The molecule has 0 unspecified atom stereocenters. The first-order valence-electron chi connectivity index (χ1n) is 6.48. The molecule has 3 rings (SSSR count). The molecule has 9 heteroatoms. The zero-order chi connectivity index (χ0) is 14.5. The van der Waals surface area contributed by atoms with Crippen LogP contribution in [-0.4, -0.2) is 46.2 Å². The first-order valence-corrected chi connectivity index (χ1v) is 6.48. The summed E-state index contributed by atoms with van der Waals surface area (Å²) in [5.41, 5.74) is 0.570. The maximum absolute atomic E-state index is 4.35. The van der Waals surface area contributed by atoms with Crippen molar-refractivity contribution in [2.75, 3.05) is 11.9 Å². The molecule has 3 aromatic rings. The van der Waals surface area contributed by atoms with Crippen molar-refractivity contribution in [3.8, 4) is 17.5 Å². The van der Waals surface area contributed by atoms with E-state index in [0.29, 0.717) is 23.4 Å². The van der Waals surface area contributed by atoms with Crippen molar-refractivity contribution in [2.24, 2.45) is 0 Å². The Balaban J connectivity index is 2.05. The molecule has 0 aliphatic rings. The minimum absolute atomic E-state index is 0.377. The second-order valence-electron chi connectivity index (χ2n) is 4.14. The largest absolute Gasteiger partial charge is 0.354 e. The van der Waals surface area contributed by atoms with Crippen LogP contribution in [0.25, 0.3) is 17.5 Å². The van der Waals surface area contributed by atoms with Crippen LogP contribution in [-0.2, 0) is 0 Å². The normalized spacial score (nSPS) is 10.5. The molecule has 0 aliphatic heterocycles. The van der Waals surface area contributed by atoms with Gasteiger partial charge in [0.1, 0.15) is 18.3 Å². The van der Waals surface area contributed by atoms with E-state index in [1.165, 1.54) is 17.3 Å². The smallest absolute Gasteiger partial charge is 0.257 e. The molecule has 1 N–H and O–H groups in total. The van der Waals surface area contributed by atoms with E-state index in [4.69, 9.17) is 0 Å². The lowest BCUT2D eigenvalue weighted by atomic mass is 10.4. The standard InChI is InChI=1S/C12H13N9/c1-2-3-16-11-18-10(9-6-13-4-5-15-9)19-12(20-11)21-8-14-7-17-21/h4-8H,2-3H2,1H3,(H,16,18,19,20). The molecule has 106 valence electrons. The highest BCUT2D eigenvalue weighted by molar-refractivity contribution is 5.50. The van der Waals surface area contributed by atoms with E-state index in [9.17, 15) is 0 Å². The number of nitrogens with one attached hydrogen (secondary N) is 1. The van der Waals surface area contributed by atoms with Crippen molar-refractivity contribution >= 4 is 5.95 Å². The number of hydrogen-bond acceptors (Lipinski definition) is 8. The van der Waals surface area contributed by atoms with Gasteiger partial charge in [0.2, 0.25) is 5.95 Å². The van der Waals surface area contributed by atoms with E-state index in [2.05, 4.69) is 47.2 Å². The Morgan fingerprint density at radius 3 is 2.81 bits per heavy atom. The van der Waals surface area contributed by atoms with Gasteiger partial charge in [-0.3, -0.25) is 4.98 Å². The highest BCUT2D eigenvalue weighted by atomic mass is 15.4. The van der Waals surface area contributed by atoms with Crippen molar-refractivity contribution in [3.63, 3.8) is 0 Å². The summed E-state index contributed by atoms with van der Waals surface area (Å²) < 4.78 is 1.47. The summed E-state index contributed by atoms with van der Waals surface area (Å²) in [5, 5.41) is 7.17. The van der Waals surface area contributed by atoms with Gasteiger partial charge in [0.15, 0.2) is 5.82 Å². The van der Waals surface area contributed by atoms with Crippen LogP contribution in [0.4, 0.5) is 5.95 Å². The Hall–Kier alpha value is -2.97. The van der Waals surface area contributed by atoms with Crippen LogP contribution in [0.1, 0.15) is 13.3 Å². The van der Waals surface area contributed by atoms with E-state index < -0.39 is 0 Å². The summed E-state index contributed by atoms with van der Waals surface area (Å²) in [7, 11) is 0. The first-order chi connectivity index (χ1) is 10.4. The molecule has 3 heterocycles. The van der Waals surface area contributed by atoms with Gasteiger partial charge in [-0.1, -0.05) is 6.92 Å². The molecule has 0 saturated carbocycles. The van der Waals surface area contributed by atoms with Crippen LogP contribution in [0.2, 0.25) is 0 Å². The van der Waals surface area contributed by atoms with E-state index in [-0.39, 0.29) is 0 Å². The predicted molar refractivity (Wildman–Crippen MR) is 74.6 cm³/mol. The van der Waals surface area contributed by atoms with Crippen LogP contribution in [0.3, 0.4) is 0 Å². The Labute approximate surface area is 120 Å². The number of aromatic nitrogens is 8. The predicted octanol–water partition coefficient (Wildman–Crippen LogP) is 0.731. The number of hydrogen-bond donors (Lipinski definition) is 1. The molecule has 0 aromatic carbocycles. The maximum Gasteiger partial charge on any atom is 0.257 e. The van der Waals surface area contributed by atoms with E-state index in [1.54, 1.807) is 18.6 Å².